The zero-order valence-electron chi connectivity index (χ0n) is 16.3. The van der Waals surface area contributed by atoms with E-state index in [9.17, 15) is 13.2 Å². The molecule has 0 aliphatic carbocycles. The summed E-state index contributed by atoms with van der Waals surface area (Å²) in [6, 6.07) is 9.80. The molecule has 0 spiro atoms. The van der Waals surface area contributed by atoms with Gasteiger partial charge in [0, 0.05) is 38.6 Å². The van der Waals surface area contributed by atoms with Crippen LogP contribution in [0.3, 0.4) is 0 Å². The van der Waals surface area contributed by atoms with Crippen molar-refractivity contribution in [2.75, 3.05) is 33.2 Å². The van der Waals surface area contributed by atoms with Crippen molar-refractivity contribution in [2.45, 2.75) is 32.0 Å². The summed E-state index contributed by atoms with van der Waals surface area (Å²) >= 11 is 0. The molecule has 1 unspecified atom stereocenters. The summed E-state index contributed by atoms with van der Waals surface area (Å²) in [6.07, 6.45) is 2.38. The van der Waals surface area contributed by atoms with Gasteiger partial charge >= 0.3 is 6.18 Å². The predicted molar refractivity (Wildman–Crippen MR) is 105 cm³/mol. The molecule has 2 heterocycles. The second-order valence-electron chi connectivity index (χ2n) is 7.81. The first-order valence-electron chi connectivity index (χ1n) is 9.86. The number of aromatic nitrogens is 1. The second-order valence-corrected chi connectivity index (χ2v) is 7.81. The number of hydrogen-bond donors (Lipinski definition) is 0. The Labute approximate surface area is 165 Å². The largest absolute Gasteiger partial charge is 0.416 e. The van der Waals surface area contributed by atoms with Gasteiger partial charge in [0.15, 0.2) is 0 Å². The lowest BCUT2D eigenvalue weighted by Gasteiger charge is -2.34. The number of piperidine rings is 1. The normalized spacial score (nSPS) is 18.5. The molecular formula is C22H28F3N3. The predicted octanol–water partition coefficient (Wildman–Crippen LogP) is 4.49. The average Bonchev–Trinajstić information content (AvgIpc) is 2.67. The Morgan fingerprint density at radius 3 is 2.68 bits per heavy atom. The van der Waals surface area contributed by atoms with Crippen LogP contribution in [0, 0.1) is 5.92 Å². The van der Waals surface area contributed by atoms with E-state index in [0.717, 1.165) is 50.8 Å². The number of nitrogens with zero attached hydrogens (tertiary/aromatic N) is 3. The van der Waals surface area contributed by atoms with E-state index in [1.54, 1.807) is 6.07 Å². The highest BCUT2D eigenvalue weighted by Crippen LogP contribution is 2.29. The lowest BCUT2D eigenvalue weighted by atomic mass is 9.96. The molecular weight excluding hydrogens is 363 g/mol. The van der Waals surface area contributed by atoms with Gasteiger partial charge in [-0.1, -0.05) is 18.2 Å². The monoisotopic (exact) mass is 391 g/mol. The van der Waals surface area contributed by atoms with Crippen LogP contribution in [0.2, 0.25) is 0 Å². The molecule has 3 nitrogen and oxygen atoms in total. The van der Waals surface area contributed by atoms with Crippen molar-refractivity contribution in [1.29, 1.82) is 0 Å². The van der Waals surface area contributed by atoms with Crippen molar-refractivity contribution in [3.05, 3.63) is 65.5 Å². The molecule has 1 aliphatic heterocycles. The molecule has 0 bridgehead atoms. The Morgan fingerprint density at radius 1 is 1.14 bits per heavy atom. The van der Waals surface area contributed by atoms with Crippen molar-refractivity contribution in [3.8, 4) is 0 Å². The Morgan fingerprint density at radius 2 is 1.93 bits per heavy atom. The molecule has 1 fully saturated rings. The van der Waals surface area contributed by atoms with Crippen LogP contribution < -0.4 is 0 Å². The standard InChI is InChI=1S/C22H28F3N3/c1-27(15-19-7-10-26-11-8-19)16-20-5-3-12-28(17-20)13-9-18-4-2-6-21(14-18)22(23,24)25/h2,4,6-8,10-11,14,20H,3,5,9,12-13,15-17H2,1H3. The van der Waals surface area contributed by atoms with Gasteiger partial charge in [-0.25, -0.2) is 0 Å². The lowest BCUT2D eigenvalue weighted by molar-refractivity contribution is -0.137. The van der Waals surface area contributed by atoms with Gasteiger partial charge in [-0.15, -0.1) is 0 Å². The Kier molecular flexibility index (Phi) is 7.08. The average molecular weight is 391 g/mol. The molecule has 2 aromatic rings. The van der Waals surface area contributed by atoms with Gasteiger partial charge in [-0.2, -0.15) is 13.2 Å². The summed E-state index contributed by atoms with van der Waals surface area (Å²) in [6.45, 7) is 4.79. The molecule has 1 aliphatic rings. The van der Waals surface area contributed by atoms with Gasteiger partial charge in [-0.3, -0.25) is 4.98 Å². The highest BCUT2D eigenvalue weighted by Gasteiger charge is 2.30. The van der Waals surface area contributed by atoms with Crippen molar-refractivity contribution in [1.82, 2.24) is 14.8 Å². The smallest absolute Gasteiger partial charge is 0.303 e. The van der Waals surface area contributed by atoms with E-state index in [4.69, 9.17) is 0 Å². The molecule has 1 aromatic heterocycles. The number of alkyl halides is 3. The third-order valence-corrected chi connectivity index (χ3v) is 5.35. The van der Waals surface area contributed by atoms with E-state index in [1.807, 2.05) is 24.5 Å². The zero-order chi connectivity index (χ0) is 20.0. The molecule has 1 saturated heterocycles. The van der Waals surface area contributed by atoms with Crippen molar-refractivity contribution >= 4 is 0 Å². The van der Waals surface area contributed by atoms with Crippen LogP contribution in [0.5, 0.6) is 0 Å². The first-order chi connectivity index (χ1) is 13.4. The highest BCUT2D eigenvalue weighted by molar-refractivity contribution is 5.25. The summed E-state index contributed by atoms with van der Waals surface area (Å²) in [5, 5.41) is 0. The fraction of sp³-hybridized carbons (Fsp3) is 0.500. The molecule has 6 heteroatoms. The van der Waals surface area contributed by atoms with Gasteiger partial charge in [-0.05, 0) is 68.1 Å². The van der Waals surface area contributed by atoms with Crippen LogP contribution in [0.4, 0.5) is 13.2 Å². The van der Waals surface area contributed by atoms with Gasteiger partial charge < -0.3 is 9.80 Å². The van der Waals surface area contributed by atoms with E-state index in [-0.39, 0.29) is 0 Å². The highest BCUT2D eigenvalue weighted by atomic mass is 19.4. The summed E-state index contributed by atoms with van der Waals surface area (Å²) in [5.74, 6) is 0.599. The number of benzene rings is 1. The minimum absolute atomic E-state index is 0.556. The van der Waals surface area contributed by atoms with Crippen LogP contribution in [0.1, 0.15) is 29.5 Å². The van der Waals surface area contributed by atoms with Crippen LogP contribution in [0.15, 0.2) is 48.8 Å². The molecule has 1 atom stereocenters. The number of pyridine rings is 1. The number of likely N-dealkylation sites (tertiary alicyclic amines) is 1. The van der Waals surface area contributed by atoms with Crippen molar-refractivity contribution in [3.63, 3.8) is 0 Å². The Hall–Kier alpha value is -1.92. The van der Waals surface area contributed by atoms with Gasteiger partial charge in [0.1, 0.15) is 0 Å². The number of hydrogen-bond acceptors (Lipinski definition) is 3. The van der Waals surface area contributed by atoms with E-state index >= 15 is 0 Å². The molecule has 152 valence electrons. The van der Waals surface area contributed by atoms with Gasteiger partial charge in [0.05, 0.1) is 5.56 Å². The molecule has 0 saturated carbocycles. The molecule has 0 N–H and O–H groups in total. The maximum absolute atomic E-state index is 12.9. The Bertz CT molecular complexity index is 733. The number of rotatable bonds is 7. The lowest BCUT2D eigenvalue weighted by Crippen LogP contribution is -2.40. The van der Waals surface area contributed by atoms with Crippen molar-refractivity contribution in [2.24, 2.45) is 5.92 Å². The zero-order valence-corrected chi connectivity index (χ0v) is 16.3. The third-order valence-electron chi connectivity index (χ3n) is 5.35. The Balaban J connectivity index is 1.47. The van der Waals surface area contributed by atoms with Crippen molar-refractivity contribution < 1.29 is 13.2 Å². The summed E-state index contributed by atoms with van der Waals surface area (Å²) in [4.78, 5) is 8.80. The molecule has 3 rings (SSSR count). The molecule has 0 radical (unpaired) electrons. The van der Waals surface area contributed by atoms with Gasteiger partial charge in [0.25, 0.3) is 0 Å². The van der Waals surface area contributed by atoms with Crippen LogP contribution in [0.25, 0.3) is 0 Å². The molecule has 0 amide bonds. The fourth-order valence-corrected chi connectivity index (χ4v) is 4.00. The quantitative estimate of drug-likeness (QED) is 0.693. The molecule has 1 aromatic carbocycles. The third kappa shape index (κ3) is 6.31. The maximum atomic E-state index is 12.9. The van der Waals surface area contributed by atoms with E-state index in [2.05, 4.69) is 21.8 Å². The minimum Gasteiger partial charge on any atom is -0.303 e. The van der Waals surface area contributed by atoms with E-state index in [0.29, 0.717) is 12.3 Å². The molecule has 28 heavy (non-hydrogen) atoms. The SMILES string of the molecule is CN(Cc1ccncc1)CC1CCCN(CCc2cccc(C(F)(F)F)c2)C1. The van der Waals surface area contributed by atoms with Crippen LogP contribution in [-0.2, 0) is 19.1 Å². The fourth-order valence-electron chi connectivity index (χ4n) is 4.00. The first-order valence-corrected chi connectivity index (χ1v) is 9.86. The van der Waals surface area contributed by atoms with Crippen LogP contribution in [-0.4, -0.2) is 48.0 Å². The van der Waals surface area contributed by atoms with Crippen LogP contribution >= 0.6 is 0 Å². The topological polar surface area (TPSA) is 19.4 Å². The minimum atomic E-state index is -4.27. The second kappa shape index (κ2) is 9.52. The summed E-state index contributed by atoms with van der Waals surface area (Å²) in [5.41, 5.74) is 1.46. The van der Waals surface area contributed by atoms with E-state index in [1.165, 1.54) is 24.1 Å². The van der Waals surface area contributed by atoms with Gasteiger partial charge in [0.2, 0.25) is 0 Å². The summed E-state index contributed by atoms with van der Waals surface area (Å²) < 4.78 is 38.6. The first kappa shape index (κ1) is 20.8. The maximum Gasteiger partial charge on any atom is 0.416 e. The number of halogens is 3. The summed E-state index contributed by atoms with van der Waals surface area (Å²) in [7, 11) is 2.14. The van der Waals surface area contributed by atoms with E-state index < -0.39 is 11.7 Å².